The first kappa shape index (κ1) is 18.4. The average Bonchev–Trinajstić information content (AvgIpc) is 2.62. The molecule has 0 atom stereocenters. The minimum Gasteiger partial charge on any atom is -0.272 e. The number of halogens is 2. The number of rotatable bonds is 5. The Morgan fingerprint density at radius 2 is 2.12 bits per heavy atom. The number of benzene rings is 2. The first-order chi connectivity index (χ1) is 12.5. The zero-order chi connectivity index (χ0) is 18.5. The van der Waals surface area contributed by atoms with Gasteiger partial charge in [-0.25, -0.2) is 9.82 Å². The van der Waals surface area contributed by atoms with Gasteiger partial charge in [-0.2, -0.15) is 5.10 Å². The topological polar surface area (TPSA) is 54.4 Å². The number of pyridine rings is 1. The zero-order valence-corrected chi connectivity index (χ0v) is 15.4. The summed E-state index contributed by atoms with van der Waals surface area (Å²) in [4.78, 5) is 17.5. The van der Waals surface area contributed by atoms with Crippen LogP contribution in [-0.4, -0.2) is 22.9 Å². The molecule has 3 aromatic rings. The first-order valence-corrected chi connectivity index (χ1v) is 9.16. The van der Waals surface area contributed by atoms with E-state index in [9.17, 15) is 9.18 Å². The molecular weight excluding hydrogens is 373 g/mol. The van der Waals surface area contributed by atoms with Crippen molar-refractivity contribution in [1.29, 1.82) is 0 Å². The smallest absolute Gasteiger partial charge is 0.250 e. The Hall–Kier alpha value is -2.44. The Labute approximate surface area is 159 Å². The van der Waals surface area contributed by atoms with Gasteiger partial charge in [-0.3, -0.25) is 9.78 Å². The number of aryl methyl sites for hydroxylation is 1. The van der Waals surface area contributed by atoms with Crippen LogP contribution in [0, 0.1) is 12.7 Å². The SMILES string of the molecule is Cc1cc(SCC(=O)N/N=C/c2c(F)cccc2Cl)c2ccccc2n1. The second-order valence-electron chi connectivity index (χ2n) is 5.50. The predicted molar refractivity (Wildman–Crippen MR) is 104 cm³/mol. The highest BCUT2D eigenvalue weighted by atomic mass is 35.5. The van der Waals surface area contributed by atoms with Crippen LogP contribution in [0.4, 0.5) is 4.39 Å². The molecule has 26 heavy (non-hydrogen) atoms. The molecule has 0 bridgehead atoms. The Morgan fingerprint density at radius 3 is 2.92 bits per heavy atom. The number of fused-ring (bicyclic) bond motifs is 1. The molecule has 1 aromatic heterocycles. The minimum absolute atomic E-state index is 0.137. The molecule has 0 saturated heterocycles. The maximum Gasteiger partial charge on any atom is 0.250 e. The van der Waals surface area contributed by atoms with Gasteiger partial charge in [0.2, 0.25) is 5.91 Å². The standard InChI is InChI=1S/C19H15ClFN3OS/c1-12-9-18(13-5-2-3-8-17(13)23-12)26-11-19(25)24-22-10-14-15(20)6-4-7-16(14)21/h2-10H,11H2,1H3,(H,24,25)/b22-10+. The largest absolute Gasteiger partial charge is 0.272 e. The summed E-state index contributed by atoms with van der Waals surface area (Å²) in [5, 5.41) is 5.01. The van der Waals surface area contributed by atoms with Gasteiger partial charge in [0.15, 0.2) is 0 Å². The van der Waals surface area contributed by atoms with Crippen molar-refractivity contribution in [3.8, 4) is 0 Å². The highest BCUT2D eigenvalue weighted by Gasteiger charge is 2.08. The number of para-hydroxylation sites is 1. The number of carbonyl (C=O) groups excluding carboxylic acids is 1. The molecule has 0 fully saturated rings. The van der Waals surface area contributed by atoms with E-state index in [1.165, 1.54) is 30.1 Å². The van der Waals surface area contributed by atoms with Gasteiger partial charge in [-0.1, -0.05) is 35.9 Å². The Morgan fingerprint density at radius 1 is 1.31 bits per heavy atom. The van der Waals surface area contributed by atoms with E-state index in [1.54, 1.807) is 6.07 Å². The average molecular weight is 388 g/mol. The molecule has 1 amide bonds. The summed E-state index contributed by atoms with van der Waals surface area (Å²) in [7, 11) is 0. The van der Waals surface area contributed by atoms with Crippen molar-refractivity contribution in [2.75, 3.05) is 5.75 Å². The highest BCUT2D eigenvalue weighted by Crippen LogP contribution is 2.27. The lowest BCUT2D eigenvalue weighted by Crippen LogP contribution is -2.19. The van der Waals surface area contributed by atoms with E-state index < -0.39 is 5.82 Å². The third-order valence-corrected chi connectivity index (χ3v) is 4.93. The lowest BCUT2D eigenvalue weighted by molar-refractivity contribution is -0.118. The van der Waals surface area contributed by atoms with Crippen LogP contribution in [-0.2, 0) is 4.79 Å². The summed E-state index contributed by atoms with van der Waals surface area (Å²) in [6, 6.07) is 14.1. The number of carbonyl (C=O) groups is 1. The number of nitrogens with one attached hydrogen (secondary N) is 1. The second kappa shape index (κ2) is 8.29. The Bertz CT molecular complexity index is 973. The molecular formula is C19H15ClFN3OS. The first-order valence-electron chi connectivity index (χ1n) is 7.79. The number of hydrogen-bond donors (Lipinski definition) is 1. The molecule has 132 valence electrons. The summed E-state index contributed by atoms with van der Waals surface area (Å²) in [6.45, 7) is 1.92. The van der Waals surface area contributed by atoms with Gasteiger partial charge >= 0.3 is 0 Å². The van der Waals surface area contributed by atoms with E-state index >= 15 is 0 Å². The summed E-state index contributed by atoms with van der Waals surface area (Å²) < 4.78 is 13.6. The normalized spacial score (nSPS) is 11.2. The Kier molecular flexibility index (Phi) is 5.85. The molecule has 0 radical (unpaired) electrons. The van der Waals surface area contributed by atoms with E-state index in [2.05, 4.69) is 15.5 Å². The molecule has 7 heteroatoms. The molecule has 0 aliphatic rings. The van der Waals surface area contributed by atoms with Crippen LogP contribution >= 0.6 is 23.4 Å². The zero-order valence-electron chi connectivity index (χ0n) is 13.9. The van der Waals surface area contributed by atoms with Crippen molar-refractivity contribution in [1.82, 2.24) is 10.4 Å². The number of thioether (sulfide) groups is 1. The Balaban J connectivity index is 1.64. The fraction of sp³-hybridized carbons (Fsp3) is 0.105. The van der Waals surface area contributed by atoms with Gasteiger partial charge in [0.1, 0.15) is 5.82 Å². The van der Waals surface area contributed by atoms with Crippen LogP contribution in [0.25, 0.3) is 10.9 Å². The van der Waals surface area contributed by atoms with E-state index in [0.29, 0.717) is 0 Å². The maximum atomic E-state index is 13.6. The van der Waals surface area contributed by atoms with Crippen LogP contribution in [0.15, 0.2) is 58.5 Å². The van der Waals surface area contributed by atoms with E-state index in [0.717, 1.165) is 21.5 Å². The summed E-state index contributed by atoms with van der Waals surface area (Å²) in [5.74, 6) is -0.614. The van der Waals surface area contributed by atoms with Crippen molar-refractivity contribution in [3.05, 3.63) is 70.6 Å². The quantitative estimate of drug-likeness (QED) is 0.396. The van der Waals surface area contributed by atoms with Gasteiger partial charge in [0.25, 0.3) is 0 Å². The predicted octanol–water partition coefficient (Wildman–Crippen LogP) is 4.58. The van der Waals surface area contributed by atoms with Crippen LogP contribution < -0.4 is 5.43 Å². The number of hydrazone groups is 1. The number of hydrogen-bond acceptors (Lipinski definition) is 4. The lowest BCUT2D eigenvalue weighted by atomic mass is 10.2. The maximum absolute atomic E-state index is 13.6. The molecule has 0 unspecified atom stereocenters. The molecule has 1 heterocycles. The molecule has 0 spiro atoms. The molecule has 0 saturated carbocycles. The lowest BCUT2D eigenvalue weighted by Gasteiger charge is -2.07. The summed E-state index contributed by atoms with van der Waals surface area (Å²) >= 11 is 7.30. The number of amides is 1. The van der Waals surface area contributed by atoms with E-state index in [1.807, 2.05) is 37.3 Å². The number of nitrogens with zero attached hydrogens (tertiary/aromatic N) is 2. The van der Waals surface area contributed by atoms with Gasteiger partial charge in [-0.05, 0) is 31.2 Å². The van der Waals surface area contributed by atoms with Gasteiger partial charge in [0.05, 0.1) is 22.5 Å². The summed E-state index contributed by atoms with van der Waals surface area (Å²) in [6.07, 6.45) is 1.20. The minimum atomic E-state index is -0.497. The van der Waals surface area contributed by atoms with Crippen LogP contribution in [0.5, 0.6) is 0 Å². The third-order valence-electron chi connectivity index (χ3n) is 3.55. The van der Waals surface area contributed by atoms with Crippen molar-refractivity contribution in [2.24, 2.45) is 5.10 Å². The molecule has 4 nitrogen and oxygen atoms in total. The van der Waals surface area contributed by atoms with Crippen LogP contribution in [0.1, 0.15) is 11.3 Å². The molecule has 2 aromatic carbocycles. The van der Waals surface area contributed by atoms with E-state index in [4.69, 9.17) is 11.6 Å². The molecule has 0 aliphatic carbocycles. The van der Waals surface area contributed by atoms with Crippen molar-refractivity contribution in [2.45, 2.75) is 11.8 Å². The third kappa shape index (κ3) is 4.39. The fourth-order valence-electron chi connectivity index (χ4n) is 2.37. The van der Waals surface area contributed by atoms with Crippen LogP contribution in [0.3, 0.4) is 0 Å². The monoisotopic (exact) mass is 387 g/mol. The summed E-state index contributed by atoms with van der Waals surface area (Å²) in [5.41, 5.74) is 4.30. The fourth-order valence-corrected chi connectivity index (χ4v) is 3.51. The van der Waals surface area contributed by atoms with Crippen molar-refractivity contribution < 1.29 is 9.18 Å². The van der Waals surface area contributed by atoms with Crippen molar-refractivity contribution in [3.63, 3.8) is 0 Å². The number of aromatic nitrogens is 1. The second-order valence-corrected chi connectivity index (χ2v) is 6.92. The van der Waals surface area contributed by atoms with Gasteiger partial charge < -0.3 is 0 Å². The molecule has 0 aliphatic heterocycles. The molecule has 3 rings (SSSR count). The van der Waals surface area contributed by atoms with Gasteiger partial charge in [0, 0.05) is 21.5 Å². The molecule has 1 N–H and O–H groups in total. The van der Waals surface area contributed by atoms with Crippen molar-refractivity contribution >= 4 is 46.4 Å². The highest BCUT2D eigenvalue weighted by molar-refractivity contribution is 8.00. The van der Waals surface area contributed by atoms with Gasteiger partial charge in [-0.15, -0.1) is 11.8 Å². The van der Waals surface area contributed by atoms with E-state index in [-0.39, 0.29) is 22.2 Å². The van der Waals surface area contributed by atoms with Crippen LogP contribution in [0.2, 0.25) is 5.02 Å².